The molecule has 75 heavy (non-hydrogen) atoms. The highest BCUT2D eigenvalue weighted by molar-refractivity contribution is 6.17. The molecule has 0 bridgehead atoms. The Morgan fingerprint density at radius 2 is 0.973 bits per heavy atom. The van der Waals surface area contributed by atoms with Crippen molar-refractivity contribution in [2.75, 3.05) is 49.7 Å². The molecule has 19 heteroatoms. The molecule has 8 aromatic rings. The van der Waals surface area contributed by atoms with Crippen LogP contribution >= 0.6 is 0 Å². The van der Waals surface area contributed by atoms with E-state index in [2.05, 4.69) is 26.3 Å². The van der Waals surface area contributed by atoms with Gasteiger partial charge in [-0.2, -0.15) is 4.57 Å². The summed E-state index contributed by atoms with van der Waals surface area (Å²) in [7, 11) is 6.10. The summed E-state index contributed by atoms with van der Waals surface area (Å²) in [6, 6.07) is 34.4. The van der Waals surface area contributed by atoms with Crippen LogP contribution in [0.25, 0.3) is 21.8 Å². The number of methoxy groups -OCH3 is 4. The zero-order chi connectivity index (χ0) is 51.9. The van der Waals surface area contributed by atoms with Crippen LogP contribution in [0.3, 0.4) is 0 Å². The van der Waals surface area contributed by atoms with E-state index in [9.17, 15) is 28.0 Å². The minimum absolute atomic E-state index is 0. The number of benzene rings is 6. The first-order valence-corrected chi connectivity index (χ1v) is 23.3. The van der Waals surface area contributed by atoms with Gasteiger partial charge in [0, 0.05) is 59.0 Å². The number of aromatic nitrogens is 2. The maximum absolute atomic E-state index is 14.2. The molecule has 2 aromatic heterocycles. The highest BCUT2D eigenvalue weighted by Crippen LogP contribution is 2.48. The first-order valence-electron chi connectivity index (χ1n) is 23.3. The summed E-state index contributed by atoms with van der Waals surface area (Å²) in [5.41, 5.74) is 1.54. The van der Waals surface area contributed by atoms with Gasteiger partial charge in [0.25, 0.3) is 0 Å². The molecule has 0 spiro atoms. The molecule has 16 nitrogen and oxygen atoms in total. The fourth-order valence-corrected chi connectivity index (χ4v) is 8.28. The Bertz CT molecular complexity index is 3400. The van der Waals surface area contributed by atoms with Crippen LogP contribution in [0.2, 0.25) is 0 Å². The molecule has 1 atom stereocenters. The fraction of sp³-hybridized carbons (Fsp3) is 0.179. The maximum atomic E-state index is 14.2. The van der Waals surface area contributed by atoms with Crippen LogP contribution < -0.4 is 71.2 Å². The number of anilines is 4. The lowest BCUT2D eigenvalue weighted by atomic mass is 10.0. The van der Waals surface area contributed by atoms with Crippen molar-refractivity contribution in [2.45, 2.75) is 25.8 Å². The van der Waals surface area contributed by atoms with Gasteiger partial charge in [0.05, 0.1) is 45.4 Å². The van der Waals surface area contributed by atoms with E-state index < -0.39 is 46.6 Å². The number of carbonyl (C=O) groups excluding carboxylic acids is 4. The molecule has 0 radical (unpaired) electrons. The smallest absolute Gasteiger partial charge is 0.240 e. The Kier molecular flexibility index (Phi) is 16.0. The molecule has 1 unspecified atom stereocenters. The molecular formula is C56H49BrF2N6O10. The van der Waals surface area contributed by atoms with Gasteiger partial charge in [-0.1, -0.05) is 0 Å². The van der Waals surface area contributed by atoms with Crippen LogP contribution in [0.5, 0.6) is 46.0 Å². The number of amides is 4. The van der Waals surface area contributed by atoms with E-state index in [0.29, 0.717) is 103 Å². The molecule has 1 aliphatic carbocycles. The average Bonchev–Trinajstić information content (AvgIpc) is 4.24. The molecule has 0 aliphatic heterocycles. The molecule has 4 N–H and O–H groups in total. The normalized spacial score (nSPS) is 12.6. The number of halogens is 3. The third-order valence-corrected chi connectivity index (χ3v) is 12.5. The highest BCUT2D eigenvalue weighted by atomic mass is 79.9. The summed E-state index contributed by atoms with van der Waals surface area (Å²) in [5, 5.41) is 12.5. The van der Waals surface area contributed by atoms with E-state index in [1.807, 2.05) is 4.57 Å². The number of aryl methyl sites for hydroxylation is 1. The van der Waals surface area contributed by atoms with Gasteiger partial charge in [-0.25, -0.2) is 8.78 Å². The van der Waals surface area contributed by atoms with Crippen LogP contribution in [0.1, 0.15) is 19.3 Å². The molecule has 2 heterocycles. The summed E-state index contributed by atoms with van der Waals surface area (Å²) in [6.45, 7) is 0.155. The Morgan fingerprint density at radius 3 is 1.45 bits per heavy atom. The predicted octanol–water partition coefficient (Wildman–Crippen LogP) is 7.22. The lowest BCUT2D eigenvalue weighted by Gasteiger charge is -2.17. The van der Waals surface area contributed by atoms with Gasteiger partial charge in [-0.3, -0.25) is 24.2 Å². The lowest BCUT2D eigenvalue weighted by Crippen LogP contribution is -3.00. The maximum Gasteiger partial charge on any atom is 0.240 e. The Balaban J connectivity index is 0.00000747. The summed E-state index contributed by atoms with van der Waals surface area (Å²) >= 11 is 0. The van der Waals surface area contributed by atoms with Gasteiger partial charge in [0.15, 0.2) is 29.2 Å². The Hall–Kier alpha value is -8.84. The SMILES string of the molecule is COc1cc2nccc(Oc3ccc(NC(=O)C(CC[n+]4ccc(Oc5ccc(NC(=O)C6(C(=O)Nc7ccc(F)cc7)CC6)cc5)c5cc(OC)c(OC)cc54)C(=O)Nc4ccc(F)cc4)cc3)c2cc1OC.[Br-]. The molecular weight excluding hydrogens is 1030 g/mol. The van der Waals surface area contributed by atoms with Crippen molar-refractivity contribution in [3.8, 4) is 46.0 Å². The number of fused-ring (bicyclic) bond motifs is 2. The van der Waals surface area contributed by atoms with Gasteiger partial charge < -0.3 is 66.7 Å². The summed E-state index contributed by atoms with van der Waals surface area (Å²) < 4.78 is 64.0. The van der Waals surface area contributed by atoms with Gasteiger partial charge in [-0.05, 0) is 122 Å². The van der Waals surface area contributed by atoms with Crippen LogP contribution in [-0.4, -0.2) is 57.1 Å². The standard InChI is InChI=1S/C56H48F2N6O10.BrH/c1-69-48-29-42-44(31-50(48)71-3)59-26-21-46(42)73-39-17-13-36(14-18-39)61-53(66)41(52(65)60-35-9-5-33(57)6-10-35)22-27-64-28-23-47(43-30-49(70-2)51(72-4)32-45(43)64)74-40-19-15-38(16-20-40)63-55(68)56(24-25-56)54(67)62-37-11-7-34(58)8-12-37;/h5-21,23,26,28-32,41H,22,24-25,27H2,1-4H3,(H3-,60,61,62,63,65,66,67,68);1H. The summed E-state index contributed by atoms with van der Waals surface area (Å²) in [5.74, 6) is -0.614. The number of pyridine rings is 2. The number of hydrogen-bond acceptors (Lipinski definition) is 11. The van der Waals surface area contributed by atoms with Crippen molar-refractivity contribution in [3.63, 3.8) is 0 Å². The number of nitrogens with one attached hydrogen (secondary N) is 4. The van der Waals surface area contributed by atoms with Crippen molar-refractivity contribution in [3.05, 3.63) is 157 Å². The van der Waals surface area contributed by atoms with E-state index in [1.165, 1.54) is 62.8 Å². The molecule has 0 saturated heterocycles. The van der Waals surface area contributed by atoms with Crippen LogP contribution in [0.15, 0.2) is 146 Å². The lowest BCUT2D eigenvalue weighted by molar-refractivity contribution is -0.672. The number of hydrogen-bond donors (Lipinski definition) is 4. The van der Waals surface area contributed by atoms with Gasteiger partial charge in [0.2, 0.25) is 29.1 Å². The third-order valence-electron chi connectivity index (χ3n) is 12.5. The Labute approximate surface area is 439 Å². The minimum atomic E-state index is -1.25. The fourth-order valence-electron chi connectivity index (χ4n) is 8.28. The third kappa shape index (κ3) is 11.8. The number of ether oxygens (including phenoxy) is 6. The van der Waals surface area contributed by atoms with Gasteiger partial charge in [-0.15, -0.1) is 0 Å². The average molecular weight is 1080 g/mol. The van der Waals surface area contributed by atoms with E-state index in [0.717, 1.165) is 0 Å². The topological polar surface area (TPSA) is 189 Å². The second-order valence-electron chi connectivity index (χ2n) is 17.2. The second-order valence-corrected chi connectivity index (χ2v) is 17.2. The van der Waals surface area contributed by atoms with Crippen molar-refractivity contribution >= 4 is 68.2 Å². The quantitative estimate of drug-likeness (QED) is 0.0473. The summed E-state index contributed by atoms with van der Waals surface area (Å²) in [6.07, 6.45) is 4.12. The molecule has 6 aromatic carbocycles. The summed E-state index contributed by atoms with van der Waals surface area (Å²) in [4.78, 5) is 59.1. The molecule has 384 valence electrons. The van der Waals surface area contributed by atoms with E-state index >= 15 is 0 Å². The molecule has 1 fully saturated rings. The minimum Gasteiger partial charge on any atom is -1.00 e. The second kappa shape index (κ2) is 22.9. The first kappa shape index (κ1) is 52.5. The zero-order valence-electron chi connectivity index (χ0n) is 40.9. The van der Waals surface area contributed by atoms with Crippen LogP contribution in [-0.2, 0) is 25.7 Å². The Morgan fingerprint density at radius 1 is 0.547 bits per heavy atom. The van der Waals surface area contributed by atoms with Crippen molar-refractivity contribution in [1.29, 1.82) is 0 Å². The number of carbonyl (C=O) groups is 4. The van der Waals surface area contributed by atoms with Crippen molar-refractivity contribution in [2.24, 2.45) is 11.3 Å². The first-order chi connectivity index (χ1) is 35.9. The van der Waals surface area contributed by atoms with E-state index in [-0.39, 0.29) is 29.9 Å². The molecule has 4 amide bonds. The van der Waals surface area contributed by atoms with Gasteiger partial charge in [0.1, 0.15) is 52.5 Å². The predicted molar refractivity (Wildman–Crippen MR) is 272 cm³/mol. The highest BCUT2D eigenvalue weighted by Gasteiger charge is 2.56. The number of nitrogens with zero attached hydrogens (tertiary/aromatic N) is 2. The molecule has 9 rings (SSSR count). The van der Waals surface area contributed by atoms with Crippen LogP contribution in [0.4, 0.5) is 31.5 Å². The molecule has 1 saturated carbocycles. The number of rotatable bonds is 19. The largest absolute Gasteiger partial charge is 1.00 e. The monoisotopic (exact) mass is 1080 g/mol. The van der Waals surface area contributed by atoms with E-state index in [4.69, 9.17) is 28.4 Å². The van der Waals surface area contributed by atoms with E-state index in [1.54, 1.807) is 112 Å². The molecule has 1 aliphatic rings. The van der Waals surface area contributed by atoms with Crippen molar-refractivity contribution < 1.29 is 77.9 Å². The van der Waals surface area contributed by atoms with Gasteiger partial charge >= 0.3 is 0 Å². The van der Waals surface area contributed by atoms with Crippen LogP contribution in [0, 0.1) is 23.0 Å². The van der Waals surface area contributed by atoms with Crippen molar-refractivity contribution in [1.82, 2.24) is 4.98 Å². The zero-order valence-corrected chi connectivity index (χ0v) is 42.5.